The van der Waals surface area contributed by atoms with Gasteiger partial charge in [0.1, 0.15) is 0 Å². The molecule has 2 heterocycles. The lowest BCUT2D eigenvalue weighted by Crippen LogP contribution is -2.55. The van der Waals surface area contributed by atoms with Gasteiger partial charge in [-0.1, -0.05) is 11.6 Å². The predicted octanol–water partition coefficient (Wildman–Crippen LogP) is 2.81. The Morgan fingerprint density at radius 3 is 2.93 bits per heavy atom. The van der Waals surface area contributed by atoms with Crippen LogP contribution in [0.1, 0.15) is 35.3 Å². The second-order valence-electron chi connectivity index (χ2n) is 7.62. The molecule has 2 aromatic rings. The number of aliphatic hydroxyl groups is 2. The predicted molar refractivity (Wildman–Crippen MR) is 109 cm³/mol. The number of benzene rings is 1. The summed E-state index contributed by atoms with van der Waals surface area (Å²) >= 11 is 6.15. The number of hydrogen-bond donors (Lipinski definition) is 2. The van der Waals surface area contributed by atoms with Crippen molar-refractivity contribution in [3.8, 4) is 0 Å². The molecule has 1 saturated heterocycles. The SMILES string of the molecule is COCCC[C@@]1(CO)CN(C(=O)c2cc(C)nc3ccc(Cl)cc23)CC[C@H]1O. The number of carbonyl (C=O) groups excluding carboxylic acids is 1. The number of aliphatic hydroxyl groups excluding tert-OH is 2. The number of hydrogen-bond acceptors (Lipinski definition) is 5. The molecule has 3 rings (SSSR count). The quantitative estimate of drug-likeness (QED) is 0.721. The molecule has 152 valence electrons. The summed E-state index contributed by atoms with van der Waals surface area (Å²) in [6.45, 7) is 2.97. The van der Waals surface area contributed by atoms with E-state index in [1.807, 2.05) is 13.0 Å². The normalized spacial score (nSPS) is 22.6. The zero-order chi connectivity index (χ0) is 20.3. The first-order valence-electron chi connectivity index (χ1n) is 9.54. The number of carbonyl (C=O) groups is 1. The van der Waals surface area contributed by atoms with E-state index in [1.165, 1.54) is 0 Å². The van der Waals surface area contributed by atoms with E-state index in [9.17, 15) is 15.0 Å². The summed E-state index contributed by atoms with van der Waals surface area (Å²) in [6.07, 6.45) is 1.08. The molecular weight excluding hydrogens is 380 g/mol. The molecule has 1 amide bonds. The molecule has 0 bridgehead atoms. The van der Waals surface area contributed by atoms with Gasteiger partial charge >= 0.3 is 0 Å². The lowest BCUT2D eigenvalue weighted by atomic mass is 9.74. The van der Waals surface area contributed by atoms with E-state index in [1.54, 1.807) is 30.2 Å². The summed E-state index contributed by atoms with van der Waals surface area (Å²) in [5.41, 5.74) is 1.29. The number of ether oxygens (including phenoxy) is 1. The zero-order valence-corrected chi connectivity index (χ0v) is 17.1. The molecule has 2 atom stereocenters. The fourth-order valence-electron chi connectivity index (χ4n) is 4.05. The Morgan fingerprint density at radius 1 is 1.43 bits per heavy atom. The average molecular weight is 407 g/mol. The maximum absolute atomic E-state index is 13.4. The molecule has 6 nitrogen and oxygen atoms in total. The van der Waals surface area contributed by atoms with Crippen LogP contribution in [0.3, 0.4) is 0 Å². The minimum Gasteiger partial charge on any atom is -0.396 e. The van der Waals surface area contributed by atoms with E-state index in [-0.39, 0.29) is 12.5 Å². The van der Waals surface area contributed by atoms with Crippen molar-refractivity contribution in [1.29, 1.82) is 0 Å². The number of pyridine rings is 1. The molecule has 1 aliphatic heterocycles. The van der Waals surface area contributed by atoms with Crippen LogP contribution in [-0.2, 0) is 4.74 Å². The van der Waals surface area contributed by atoms with Crippen LogP contribution in [0.4, 0.5) is 0 Å². The first-order chi connectivity index (χ1) is 13.4. The first kappa shape index (κ1) is 21.0. The average Bonchev–Trinajstić information content (AvgIpc) is 2.69. The standard InChI is InChI=1S/C21H27ClN2O4/c1-14-10-17(16-11-15(22)4-5-18(16)23-14)20(27)24-8-6-19(26)21(12-24,13-25)7-3-9-28-2/h4-5,10-11,19,25-26H,3,6-9,12-13H2,1-2H3/t19-,21+/m1/s1. The highest BCUT2D eigenvalue weighted by Crippen LogP contribution is 2.36. The Kier molecular flexibility index (Phi) is 6.55. The zero-order valence-electron chi connectivity index (χ0n) is 16.3. The topological polar surface area (TPSA) is 82.9 Å². The van der Waals surface area contributed by atoms with Crippen molar-refractivity contribution in [2.75, 3.05) is 33.4 Å². The highest BCUT2D eigenvalue weighted by atomic mass is 35.5. The largest absolute Gasteiger partial charge is 0.396 e. The third-order valence-electron chi connectivity index (χ3n) is 5.64. The number of aryl methyl sites for hydroxylation is 1. The molecule has 7 heteroatoms. The third-order valence-corrected chi connectivity index (χ3v) is 5.87. The van der Waals surface area contributed by atoms with Crippen molar-refractivity contribution in [3.05, 3.63) is 40.5 Å². The van der Waals surface area contributed by atoms with E-state index in [2.05, 4.69) is 4.98 Å². The van der Waals surface area contributed by atoms with Crippen LogP contribution in [0, 0.1) is 12.3 Å². The molecule has 28 heavy (non-hydrogen) atoms. The van der Waals surface area contributed by atoms with Crippen molar-refractivity contribution in [1.82, 2.24) is 9.88 Å². The van der Waals surface area contributed by atoms with Crippen LogP contribution in [0.15, 0.2) is 24.3 Å². The molecule has 0 spiro atoms. The van der Waals surface area contributed by atoms with Crippen LogP contribution >= 0.6 is 11.6 Å². The van der Waals surface area contributed by atoms with Crippen molar-refractivity contribution in [2.45, 2.75) is 32.3 Å². The molecule has 0 unspecified atom stereocenters. The molecule has 1 aromatic heterocycles. The Morgan fingerprint density at radius 2 is 2.21 bits per heavy atom. The second-order valence-corrected chi connectivity index (χ2v) is 8.06. The first-order valence-corrected chi connectivity index (χ1v) is 9.92. The Labute approximate surface area is 170 Å². The maximum Gasteiger partial charge on any atom is 0.254 e. The molecule has 1 fully saturated rings. The van der Waals surface area contributed by atoms with Gasteiger partial charge in [-0.3, -0.25) is 9.78 Å². The Hall–Kier alpha value is -1.73. The van der Waals surface area contributed by atoms with E-state index in [4.69, 9.17) is 16.3 Å². The lowest BCUT2D eigenvalue weighted by molar-refractivity contribution is -0.0744. The minimum absolute atomic E-state index is 0.130. The molecule has 0 saturated carbocycles. The summed E-state index contributed by atoms with van der Waals surface area (Å²) in [7, 11) is 1.63. The monoisotopic (exact) mass is 406 g/mol. The highest BCUT2D eigenvalue weighted by molar-refractivity contribution is 6.31. The lowest BCUT2D eigenvalue weighted by Gasteiger charge is -2.45. The van der Waals surface area contributed by atoms with Gasteiger partial charge in [-0.25, -0.2) is 0 Å². The van der Waals surface area contributed by atoms with Crippen molar-refractivity contribution in [3.63, 3.8) is 0 Å². The molecular formula is C21H27ClN2O4. The van der Waals surface area contributed by atoms with Crippen LogP contribution in [-0.4, -0.2) is 65.5 Å². The fourth-order valence-corrected chi connectivity index (χ4v) is 4.22. The van der Waals surface area contributed by atoms with Crippen LogP contribution in [0.2, 0.25) is 5.02 Å². The summed E-state index contributed by atoms with van der Waals surface area (Å²) in [5, 5.41) is 21.9. The van der Waals surface area contributed by atoms with Crippen molar-refractivity contribution in [2.24, 2.45) is 5.41 Å². The van der Waals surface area contributed by atoms with Gasteiger partial charge in [-0.15, -0.1) is 0 Å². The van der Waals surface area contributed by atoms with E-state index in [0.717, 1.165) is 11.2 Å². The Bertz CT molecular complexity index is 860. The molecule has 0 radical (unpaired) electrons. The van der Waals surface area contributed by atoms with Crippen LogP contribution < -0.4 is 0 Å². The van der Waals surface area contributed by atoms with Gasteiger partial charge in [-0.2, -0.15) is 0 Å². The summed E-state index contributed by atoms with van der Waals surface area (Å²) in [4.78, 5) is 19.6. The number of aromatic nitrogens is 1. The molecule has 1 aliphatic rings. The van der Waals surface area contributed by atoms with Gasteiger partial charge in [0, 0.05) is 48.3 Å². The van der Waals surface area contributed by atoms with Gasteiger partial charge in [0.15, 0.2) is 0 Å². The van der Waals surface area contributed by atoms with Gasteiger partial charge in [0.25, 0.3) is 5.91 Å². The number of halogens is 1. The van der Waals surface area contributed by atoms with Crippen molar-refractivity contribution >= 4 is 28.4 Å². The van der Waals surface area contributed by atoms with E-state index in [0.29, 0.717) is 54.9 Å². The minimum atomic E-state index is -0.734. The molecule has 0 aliphatic carbocycles. The highest BCUT2D eigenvalue weighted by Gasteiger charge is 2.43. The smallest absolute Gasteiger partial charge is 0.254 e. The van der Waals surface area contributed by atoms with Gasteiger partial charge in [-0.05, 0) is 50.5 Å². The number of nitrogens with zero attached hydrogens (tertiary/aromatic N) is 2. The number of rotatable bonds is 6. The van der Waals surface area contributed by atoms with Crippen molar-refractivity contribution < 1.29 is 19.7 Å². The summed E-state index contributed by atoms with van der Waals surface area (Å²) < 4.78 is 5.11. The number of methoxy groups -OCH3 is 1. The maximum atomic E-state index is 13.4. The summed E-state index contributed by atoms with van der Waals surface area (Å²) in [6, 6.07) is 7.10. The third kappa shape index (κ3) is 4.15. The Balaban J connectivity index is 1.92. The summed E-state index contributed by atoms with van der Waals surface area (Å²) in [5.74, 6) is -0.130. The van der Waals surface area contributed by atoms with Gasteiger partial charge in [0.05, 0.1) is 23.8 Å². The number of piperidine rings is 1. The number of fused-ring (bicyclic) bond motifs is 1. The molecule has 1 aromatic carbocycles. The van der Waals surface area contributed by atoms with Gasteiger partial charge < -0.3 is 19.8 Å². The van der Waals surface area contributed by atoms with E-state index < -0.39 is 11.5 Å². The van der Waals surface area contributed by atoms with Crippen LogP contribution in [0.25, 0.3) is 10.9 Å². The number of likely N-dealkylation sites (tertiary alicyclic amines) is 1. The molecule has 2 N–H and O–H groups in total. The van der Waals surface area contributed by atoms with E-state index >= 15 is 0 Å². The number of amides is 1. The van der Waals surface area contributed by atoms with Crippen LogP contribution in [0.5, 0.6) is 0 Å². The fraction of sp³-hybridized carbons (Fsp3) is 0.524. The second kappa shape index (κ2) is 8.74. The van der Waals surface area contributed by atoms with Gasteiger partial charge in [0.2, 0.25) is 0 Å².